The summed E-state index contributed by atoms with van der Waals surface area (Å²) in [6.07, 6.45) is -6.61. The van der Waals surface area contributed by atoms with Crippen molar-refractivity contribution in [3.8, 4) is 0 Å². The van der Waals surface area contributed by atoms with Crippen molar-refractivity contribution in [1.29, 1.82) is 0 Å². The van der Waals surface area contributed by atoms with E-state index in [2.05, 4.69) is 15.4 Å². The summed E-state index contributed by atoms with van der Waals surface area (Å²) in [5.41, 5.74) is -2.03. The van der Waals surface area contributed by atoms with E-state index in [1.807, 2.05) is 4.90 Å². The van der Waals surface area contributed by atoms with E-state index < -0.39 is 42.0 Å². The number of rotatable bonds is 3. The third kappa shape index (κ3) is 5.37. The molecule has 0 aliphatic carbocycles. The Morgan fingerprint density at radius 1 is 1.07 bits per heavy atom. The highest BCUT2D eigenvalue weighted by molar-refractivity contribution is 8.18. The zero-order chi connectivity index (χ0) is 29.1. The number of aromatic nitrogens is 2. The minimum atomic E-state index is -4.99. The fourth-order valence-electron chi connectivity index (χ4n) is 5.10. The first-order valence-electron chi connectivity index (χ1n) is 12.3. The van der Waals surface area contributed by atoms with Gasteiger partial charge in [-0.25, -0.2) is 4.79 Å². The van der Waals surface area contributed by atoms with E-state index in [4.69, 9.17) is 4.74 Å². The predicted molar refractivity (Wildman–Crippen MR) is 137 cm³/mol. The Morgan fingerprint density at radius 2 is 1.88 bits per heavy atom. The Labute approximate surface area is 232 Å². The molecule has 2 aromatic carbocycles. The van der Waals surface area contributed by atoms with Crippen LogP contribution >= 0.6 is 11.8 Å². The lowest BCUT2D eigenvalue weighted by Crippen LogP contribution is -2.42. The molecule has 2 bridgehead atoms. The van der Waals surface area contributed by atoms with Gasteiger partial charge in [0.05, 0.1) is 46.4 Å². The van der Waals surface area contributed by atoms with Gasteiger partial charge < -0.3 is 15.0 Å². The molecule has 2 atom stereocenters. The second-order valence-electron chi connectivity index (χ2n) is 9.78. The van der Waals surface area contributed by atoms with E-state index >= 15 is 0 Å². The molecule has 8 nitrogen and oxygen atoms in total. The van der Waals surface area contributed by atoms with E-state index in [-0.39, 0.29) is 30.3 Å². The SMILES string of the molecule is O=C1N[C@@H]2C[C@H](CO1)N(C1=NC(=O)/C(=C/c3ccc4c(cnn4Cc4ccc(C(F)(F)F)cc4C(F)(F)F)c3)S1)C2. The molecule has 0 radical (unpaired) electrons. The molecular weight excluding hydrogens is 576 g/mol. The van der Waals surface area contributed by atoms with Crippen molar-refractivity contribution in [2.24, 2.45) is 4.99 Å². The third-order valence-electron chi connectivity index (χ3n) is 7.02. The van der Waals surface area contributed by atoms with Crippen LogP contribution in [0.1, 0.15) is 28.7 Å². The maximum absolute atomic E-state index is 13.6. The number of alkyl halides is 6. The number of cyclic esters (lactones) is 1. The molecule has 0 saturated carbocycles. The van der Waals surface area contributed by atoms with E-state index in [0.717, 1.165) is 6.07 Å². The lowest BCUT2D eigenvalue weighted by molar-refractivity contribution is -0.143. The molecule has 1 aromatic heterocycles. The Bertz CT molecular complexity index is 1630. The average Bonchev–Trinajstić information content (AvgIpc) is 3.54. The Morgan fingerprint density at radius 3 is 2.63 bits per heavy atom. The normalized spacial score (nSPS) is 22.2. The molecule has 214 valence electrons. The number of carbonyl (C=O) groups is 2. The summed E-state index contributed by atoms with van der Waals surface area (Å²) in [6.45, 7) is 0.295. The predicted octanol–water partition coefficient (Wildman–Crippen LogP) is 5.28. The molecular formula is C26H19F6N5O3S. The van der Waals surface area contributed by atoms with Gasteiger partial charge >= 0.3 is 18.4 Å². The van der Waals surface area contributed by atoms with Crippen LogP contribution in [0.5, 0.6) is 0 Å². The molecule has 0 unspecified atom stereocenters. The molecule has 3 aromatic rings. The number of ether oxygens (including phenoxy) is 1. The van der Waals surface area contributed by atoms with Crippen molar-refractivity contribution in [2.45, 2.75) is 37.4 Å². The van der Waals surface area contributed by atoms with Crippen LogP contribution < -0.4 is 5.32 Å². The summed E-state index contributed by atoms with van der Waals surface area (Å²) in [4.78, 5) is 30.7. The van der Waals surface area contributed by atoms with E-state index in [0.29, 0.717) is 45.6 Å². The largest absolute Gasteiger partial charge is 0.447 e. The van der Waals surface area contributed by atoms with Crippen LogP contribution in [-0.4, -0.2) is 57.1 Å². The van der Waals surface area contributed by atoms with Crippen LogP contribution in [0, 0.1) is 0 Å². The molecule has 6 rings (SSSR count). The second-order valence-corrected chi connectivity index (χ2v) is 10.8. The molecule has 2 amide bonds. The van der Waals surface area contributed by atoms with Gasteiger partial charge in [-0.05, 0) is 59.7 Å². The third-order valence-corrected chi connectivity index (χ3v) is 8.05. The molecule has 3 aliphatic rings. The molecule has 15 heteroatoms. The van der Waals surface area contributed by atoms with Gasteiger partial charge in [0.25, 0.3) is 5.91 Å². The Hall–Kier alpha value is -4.01. The smallest absolute Gasteiger partial charge is 0.416 e. The van der Waals surface area contributed by atoms with E-state index in [9.17, 15) is 35.9 Å². The highest BCUT2D eigenvalue weighted by Crippen LogP contribution is 2.38. The van der Waals surface area contributed by atoms with Gasteiger partial charge in [-0.2, -0.15) is 36.4 Å². The molecule has 41 heavy (non-hydrogen) atoms. The van der Waals surface area contributed by atoms with Crippen molar-refractivity contribution in [1.82, 2.24) is 20.0 Å². The van der Waals surface area contributed by atoms with Gasteiger partial charge in [0.1, 0.15) is 6.61 Å². The minimum Gasteiger partial charge on any atom is -0.447 e. The van der Waals surface area contributed by atoms with E-state index in [1.54, 1.807) is 24.3 Å². The number of fused-ring (bicyclic) bond motifs is 3. The topological polar surface area (TPSA) is 88.8 Å². The van der Waals surface area contributed by atoms with Crippen LogP contribution in [0.2, 0.25) is 0 Å². The molecule has 2 fully saturated rings. The van der Waals surface area contributed by atoms with Crippen LogP contribution in [0.25, 0.3) is 17.0 Å². The fraction of sp³-hybridized carbons (Fsp3) is 0.308. The zero-order valence-corrected chi connectivity index (χ0v) is 21.6. The van der Waals surface area contributed by atoms with Crippen LogP contribution in [0.3, 0.4) is 0 Å². The number of halogens is 6. The first kappa shape index (κ1) is 27.2. The van der Waals surface area contributed by atoms with Crippen molar-refractivity contribution in [2.75, 3.05) is 13.2 Å². The highest BCUT2D eigenvalue weighted by atomic mass is 32.2. The number of aliphatic imine (C=N–C) groups is 1. The quantitative estimate of drug-likeness (QED) is 0.328. The summed E-state index contributed by atoms with van der Waals surface area (Å²) in [6, 6.07) is 6.32. The molecule has 4 heterocycles. The number of amidine groups is 1. The molecule has 0 spiro atoms. The van der Waals surface area contributed by atoms with Crippen molar-refractivity contribution in [3.05, 3.63) is 69.8 Å². The summed E-state index contributed by atoms with van der Waals surface area (Å²) in [5.74, 6) is -0.424. The number of carbonyl (C=O) groups excluding carboxylic acids is 2. The number of thioether (sulfide) groups is 1. The average molecular weight is 596 g/mol. The molecule has 1 N–H and O–H groups in total. The summed E-state index contributed by atoms with van der Waals surface area (Å²) in [7, 11) is 0. The first-order valence-corrected chi connectivity index (χ1v) is 13.1. The van der Waals surface area contributed by atoms with E-state index in [1.165, 1.54) is 22.6 Å². The van der Waals surface area contributed by atoms with Gasteiger partial charge in [0.15, 0.2) is 5.17 Å². The van der Waals surface area contributed by atoms with Crippen LogP contribution in [-0.2, 0) is 28.4 Å². The Balaban J connectivity index is 1.21. The number of hydrogen-bond donors (Lipinski definition) is 1. The summed E-state index contributed by atoms with van der Waals surface area (Å²) >= 11 is 1.20. The number of likely N-dealkylation sites (tertiary alicyclic amines) is 1. The summed E-state index contributed by atoms with van der Waals surface area (Å²) < 4.78 is 86.2. The van der Waals surface area contributed by atoms with Gasteiger partial charge in [-0.3, -0.25) is 9.48 Å². The van der Waals surface area contributed by atoms with Gasteiger partial charge in [-0.15, -0.1) is 0 Å². The minimum absolute atomic E-state index is 0.0953. The van der Waals surface area contributed by atoms with Gasteiger partial charge in [0, 0.05) is 11.9 Å². The number of benzene rings is 2. The van der Waals surface area contributed by atoms with Crippen LogP contribution in [0.15, 0.2) is 52.5 Å². The maximum Gasteiger partial charge on any atom is 0.416 e. The Kier molecular flexibility index (Phi) is 6.51. The number of hydrogen-bond acceptors (Lipinski definition) is 6. The maximum atomic E-state index is 13.6. The molecule has 3 aliphatic heterocycles. The number of nitrogens with one attached hydrogen (secondary N) is 1. The lowest BCUT2D eigenvalue weighted by Gasteiger charge is -2.26. The number of alkyl carbamates (subject to hydrolysis) is 1. The first-order chi connectivity index (χ1) is 19.3. The monoisotopic (exact) mass is 595 g/mol. The van der Waals surface area contributed by atoms with Gasteiger partial charge in [0.2, 0.25) is 0 Å². The van der Waals surface area contributed by atoms with Crippen molar-refractivity contribution >= 4 is 45.9 Å². The lowest BCUT2D eigenvalue weighted by atomic mass is 10.0. The summed E-state index contributed by atoms with van der Waals surface area (Å²) in [5, 5.41) is 7.98. The standard InChI is InChI=1S/C26H19F6N5O3S/c27-25(28,29)16-3-2-14(19(7-16)26(30,31)32)10-37-20-4-1-13(5-15(20)9-33-37)6-21-22(38)35-23(41-21)36-11-17-8-18(36)12-40-24(39)34-17/h1-7,9,17-18H,8,10-12H2,(H,34,39)/b21-6-/t17-,18-/m1/s1. The fourth-order valence-corrected chi connectivity index (χ4v) is 6.10. The number of nitrogens with zero attached hydrogens (tertiary/aromatic N) is 4. The van der Waals surface area contributed by atoms with Crippen molar-refractivity contribution in [3.63, 3.8) is 0 Å². The number of amides is 2. The highest BCUT2D eigenvalue weighted by Gasteiger charge is 2.41. The van der Waals surface area contributed by atoms with Crippen molar-refractivity contribution < 1.29 is 40.7 Å². The second kappa shape index (κ2) is 9.82. The van der Waals surface area contributed by atoms with Gasteiger partial charge in [-0.1, -0.05) is 12.1 Å². The molecule has 2 saturated heterocycles. The van der Waals surface area contributed by atoms with Crippen LogP contribution in [0.4, 0.5) is 31.1 Å². The zero-order valence-electron chi connectivity index (χ0n) is 20.8.